The Kier molecular flexibility index (Phi) is 5.43. The lowest BCUT2D eigenvalue weighted by Gasteiger charge is -2.48. The zero-order valence-corrected chi connectivity index (χ0v) is 28.5. The van der Waals surface area contributed by atoms with Crippen LogP contribution in [0.5, 0.6) is 0 Å². The van der Waals surface area contributed by atoms with E-state index in [0.717, 1.165) is 0 Å². The van der Waals surface area contributed by atoms with Gasteiger partial charge in [-0.15, -0.1) is 0 Å². The average Bonchev–Trinajstić information content (AvgIpc) is 3.64. The Bertz CT molecular complexity index is 2720. The lowest BCUT2D eigenvalue weighted by Crippen LogP contribution is -2.63. The third kappa shape index (κ3) is 3.31. The van der Waals surface area contributed by atoms with Crippen molar-refractivity contribution < 1.29 is 0 Å². The molecule has 236 valence electrons. The van der Waals surface area contributed by atoms with E-state index in [1.165, 1.54) is 88.7 Å². The standard InChI is InChI=1S/C47H35BN2/c1-46(2)36-23-11-14-27-41(36)50(45-37(46)28-29-42-43(45)33-19-8-13-26-40(33)49(42)30-16-5-4-6-17-30)48-38-24-12-10-22-35(38)47(3)34-21-9-7-18-31(34)32-20-15-25-39(48)44(32)47/h4-29H,1-3H3. The number of para-hydroxylation sites is 3. The smallest absolute Gasteiger partial charge is 0.328 e. The summed E-state index contributed by atoms with van der Waals surface area (Å²) in [5.74, 6) is 0. The van der Waals surface area contributed by atoms with Gasteiger partial charge in [-0.1, -0.05) is 141 Å². The summed E-state index contributed by atoms with van der Waals surface area (Å²) in [6, 6.07) is 59.2. The van der Waals surface area contributed by atoms with E-state index in [1.54, 1.807) is 0 Å². The van der Waals surface area contributed by atoms with E-state index in [-0.39, 0.29) is 17.7 Å². The Hall–Kier alpha value is -5.80. The molecule has 2 nitrogen and oxygen atoms in total. The van der Waals surface area contributed by atoms with Crippen LogP contribution in [0.1, 0.15) is 48.6 Å². The van der Waals surface area contributed by atoms with Crippen LogP contribution in [0.3, 0.4) is 0 Å². The van der Waals surface area contributed by atoms with Crippen molar-refractivity contribution in [3.8, 4) is 16.8 Å². The molecule has 11 rings (SSSR count). The van der Waals surface area contributed by atoms with Gasteiger partial charge in [0.25, 0.3) is 0 Å². The fraction of sp³-hybridized carbons (Fsp3) is 0.106. The minimum Gasteiger partial charge on any atom is -0.376 e. The lowest BCUT2D eigenvalue weighted by molar-refractivity contribution is 0.635. The number of nitrogens with zero attached hydrogens (tertiary/aromatic N) is 2. The third-order valence-electron chi connectivity index (χ3n) is 12.3. The number of hydrogen-bond donors (Lipinski definition) is 0. The maximum Gasteiger partial charge on any atom is 0.328 e. The summed E-state index contributed by atoms with van der Waals surface area (Å²) in [5.41, 5.74) is 18.3. The number of anilines is 2. The summed E-state index contributed by atoms with van der Waals surface area (Å²) in [5, 5.41) is 2.59. The second kappa shape index (κ2) is 9.67. The molecule has 3 heterocycles. The van der Waals surface area contributed by atoms with E-state index >= 15 is 0 Å². The first-order valence-corrected chi connectivity index (χ1v) is 17.8. The molecule has 0 N–H and O–H groups in total. The number of rotatable bonds is 2. The fourth-order valence-electron chi connectivity index (χ4n) is 10.2. The SMILES string of the molecule is CC1(C)c2ccccc2N(B2c3ccccc3C3(C)c4ccccc4-c4cccc2c43)c2c1ccc1c2c2ccccc2n1-c1ccccc1. The maximum atomic E-state index is 2.73. The van der Waals surface area contributed by atoms with Crippen molar-refractivity contribution in [2.75, 3.05) is 4.81 Å². The van der Waals surface area contributed by atoms with Gasteiger partial charge in [0, 0.05) is 38.7 Å². The Balaban J connectivity index is 1.31. The van der Waals surface area contributed by atoms with Gasteiger partial charge in [-0.2, -0.15) is 0 Å². The maximum absolute atomic E-state index is 2.73. The summed E-state index contributed by atoms with van der Waals surface area (Å²) in [6.45, 7) is 7.26. The Morgan fingerprint density at radius 1 is 0.480 bits per heavy atom. The lowest BCUT2D eigenvalue weighted by atomic mass is 9.40. The summed E-state index contributed by atoms with van der Waals surface area (Å²) >= 11 is 0. The van der Waals surface area contributed by atoms with Crippen molar-refractivity contribution in [3.63, 3.8) is 0 Å². The zero-order valence-electron chi connectivity index (χ0n) is 28.5. The second-order valence-electron chi connectivity index (χ2n) is 15.0. The minimum absolute atomic E-state index is 0.0241. The molecule has 7 aromatic carbocycles. The molecule has 1 atom stereocenters. The van der Waals surface area contributed by atoms with Crippen molar-refractivity contribution >= 4 is 51.0 Å². The van der Waals surface area contributed by atoms with Crippen molar-refractivity contribution in [2.24, 2.45) is 0 Å². The van der Waals surface area contributed by atoms with Crippen molar-refractivity contribution in [2.45, 2.75) is 31.6 Å². The zero-order chi connectivity index (χ0) is 33.4. The molecule has 1 aliphatic carbocycles. The van der Waals surface area contributed by atoms with E-state index < -0.39 is 0 Å². The average molecular weight is 639 g/mol. The van der Waals surface area contributed by atoms with E-state index in [4.69, 9.17) is 0 Å². The Morgan fingerprint density at radius 3 is 2.00 bits per heavy atom. The first kappa shape index (κ1) is 28.1. The molecule has 0 fully saturated rings. The van der Waals surface area contributed by atoms with Crippen molar-refractivity contribution in [1.29, 1.82) is 0 Å². The molecular weight excluding hydrogens is 603 g/mol. The molecule has 1 unspecified atom stereocenters. The van der Waals surface area contributed by atoms with Gasteiger partial charge in [0.2, 0.25) is 0 Å². The summed E-state index contributed by atoms with van der Waals surface area (Å²) < 4.78 is 2.46. The molecule has 0 saturated carbocycles. The summed E-state index contributed by atoms with van der Waals surface area (Å²) in [7, 11) is 0. The molecule has 0 spiro atoms. The van der Waals surface area contributed by atoms with Gasteiger partial charge in [-0.05, 0) is 87.1 Å². The molecule has 50 heavy (non-hydrogen) atoms. The Labute approximate surface area is 293 Å². The molecule has 2 aliphatic heterocycles. The molecule has 0 amide bonds. The quantitative estimate of drug-likeness (QED) is 0.171. The van der Waals surface area contributed by atoms with Gasteiger partial charge < -0.3 is 9.38 Å². The van der Waals surface area contributed by atoms with Crippen molar-refractivity contribution in [1.82, 2.24) is 4.57 Å². The molecule has 8 aromatic rings. The van der Waals surface area contributed by atoms with Gasteiger partial charge in [0.05, 0.1) is 11.0 Å². The monoisotopic (exact) mass is 638 g/mol. The molecule has 0 radical (unpaired) electrons. The molecule has 3 heteroatoms. The molecular formula is C47H35BN2. The summed E-state index contributed by atoms with van der Waals surface area (Å²) in [4.78, 5) is 2.73. The van der Waals surface area contributed by atoms with E-state index in [0.29, 0.717) is 0 Å². The van der Waals surface area contributed by atoms with Crippen LogP contribution in [-0.4, -0.2) is 11.4 Å². The third-order valence-corrected chi connectivity index (χ3v) is 12.3. The number of benzene rings is 7. The van der Waals surface area contributed by atoms with Crippen LogP contribution >= 0.6 is 0 Å². The van der Waals surface area contributed by atoms with Crippen LogP contribution < -0.4 is 15.7 Å². The predicted octanol–water partition coefficient (Wildman–Crippen LogP) is 10.0. The van der Waals surface area contributed by atoms with Crippen LogP contribution in [-0.2, 0) is 10.8 Å². The van der Waals surface area contributed by atoms with Crippen molar-refractivity contribution in [3.05, 3.63) is 186 Å². The fourth-order valence-corrected chi connectivity index (χ4v) is 10.2. The van der Waals surface area contributed by atoms with Crippen LogP contribution in [0, 0.1) is 0 Å². The minimum atomic E-state index is -0.234. The van der Waals surface area contributed by atoms with Crippen LogP contribution in [0.4, 0.5) is 11.4 Å². The van der Waals surface area contributed by atoms with Crippen LogP contribution in [0.2, 0.25) is 0 Å². The first-order valence-electron chi connectivity index (χ1n) is 17.8. The Morgan fingerprint density at radius 2 is 1.14 bits per heavy atom. The van der Waals surface area contributed by atoms with Gasteiger partial charge in [-0.3, -0.25) is 0 Å². The highest BCUT2D eigenvalue weighted by molar-refractivity contribution is 6.90. The van der Waals surface area contributed by atoms with E-state index in [9.17, 15) is 0 Å². The first-order chi connectivity index (χ1) is 24.5. The number of fused-ring (bicyclic) bond motifs is 11. The topological polar surface area (TPSA) is 8.17 Å². The largest absolute Gasteiger partial charge is 0.376 e. The van der Waals surface area contributed by atoms with Gasteiger partial charge in [-0.25, -0.2) is 0 Å². The number of aromatic nitrogens is 1. The van der Waals surface area contributed by atoms with Gasteiger partial charge in [0.1, 0.15) is 0 Å². The van der Waals surface area contributed by atoms with Crippen LogP contribution in [0.15, 0.2) is 158 Å². The normalized spacial score (nSPS) is 17.7. The van der Waals surface area contributed by atoms with Gasteiger partial charge in [0.15, 0.2) is 0 Å². The van der Waals surface area contributed by atoms with Crippen LogP contribution in [0.25, 0.3) is 38.6 Å². The van der Waals surface area contributed by atoms with E-state index in [2.05, 4.69) is 188 Å². The van der Waals surface area contributed by atoms with E-state index in [1.807, 2.05) is 0 Å². The predicted molar refractivity (Wildman–Crippen MR) is 210 cm³/mol. The highest BCUT2D eigenvalue weighted by atomic mass is 15.1. The number of hydrogen-bond acceptors (Lipinski definition) is 1. The van der Waals surface area contributed by atoms with Gasteiger partial charge >= 0.3 is 6.85 Å². The molecule has 0 bridgehead atoms. The second-order valence-corrected chi connectivity index (χ2v) is 15.0. The highest BCUT2D eigenvalue weighted by Gasteiger charge is 2.52. The molecule has 0 saturated heterocycles. The highest BCUT2D eigenvalue weighted by Crippen LogP contribution is 2.56. The summed E-state index contributed by atoms with van der Waals surface area (Å²) in [6.07, 6.45) is 0. The molecule has 1 aromatic heterocycles. The molecule has 3 aliphatic rings.